The van der Waals surface area contributed by atoms with Gasteiger partial charge in [-0.05, 0) is 60.1 Å². The monoisotopic (exact) mass is 438 g/mol. The van der Waals surface area contributed by atoms with Crippen molar-refractivity contribution in [2.75, 3.05) is 0 Å². The number of urea groups is 1. The van der Waals surface area contributed by atoms with Gasteiger partial charge in [0.2, 0.25) is 0 Å². The zero-order chi connectivity index (χ0) is 22.3. The number of nitrogens with zero attached hydrogens (tertiary/aromatic N) is 1. The number of halogens is 2. The van der Waals surface area contributed by atoms with Gasteiger partial charge in [-0.3, -0.25) is 14.5 Å². The van der Waals surface area contributed by atoms with Crippen molar-refractivity contribution < 1.29 is 27.9 Å². The summed E-state index contributed by atoms with van der Waals surface area (Å²) in [7, 11) is 0. The molecular weight excluding hydrogens is 418 g/mol. The fourth-order valence-corrected chi connectivity index (χ4v) is 6.51. The first kappa shape index (κ1) is 19.4. The fourth-order valence-electron chi connectivity index (χ4n) is 6.51. The van der Waals surface area contributed by atoms with Gasteiger partial charge >= 0.3 is 12.0 Å². The summed E-state index contributed by atoms with van der Waals surface area (Å²) in [4.78, 5) is 40.4. The lowest BCUT2D eigenvalue weighted by Gasteiger charge is -2.25. The van der Waals surface area contributed by atoms with E-state index in [1.165, 1.54) is 29.2 Å². The number of benzene rings is 2. The molecule has 3 amide bonds. The molecular formula is C24H20F2N2O4. The highest BCUT2D eigenvalue weighted by molar-refractivity contribution is 6.09. The van der Waals surface area contributed by atoms with Crippen LogP contribution in [0.15, 0.2) is 48.5 Å². The molecule has 5 atom stereocenters. The Kier molecular flexibility index (Phi) is 3.86. The number of carbonyl (C=O) groups excluding carboxylic acids is 3. The molecule has 5 aliphatic rings. The molecule has 1 heterocycles. The Morgan fingerprint density at radius 3 is 2.28 bits per heavy atom. The van der Waals surface area contributed by atoms with Crippen molar-refractivity contribution in [1.29, 1.82) is 0 Å². The molecule has 6 nitrogen and oxygen atoms in total. The van der Waals surface area contributed by atoms with E-state index in [0.717, 1.165) is 0 Å². The minimum Gasteiger partial charge on any atom is -0.460 e. The first-order chi connectivity index (χ1) is 15.4. The molecule has 2 aromatic carbocycles. The lowest BCUT2D eigenvalue weighted by molar-refractivity contribution is -0.152. The lowest BCUT2D eigenvalue weighted by atomic mass is 9.88. The van der Waals surface area contributed by atoms with E-state index in [-0.39, 0.29) is 54.4 Å². The predicted octanol–water partition coefficient (Wildman–Crippen LogP) is 3.15. The summed E-state index contributed by atoms with van der Waals surface area (Å²) < 4.78 is 31.8. The van der Waals surface area contributed by atoms with Crippen LogP contribution in [0.4, 0.5) is 13.6 Å². The number of hydrogen-bond acceptors (Lipinski definition) is 4. The highest BCUT2D eigenvalue weighted by atomic mass is 19.1. The molecule has 4 bridgehead atoms. The predicted molar refractivity (Wildman–Crippen MR) is 107 cm³/mol. The van der Waals surface area contributed by atoms with Gasteiger partial charge in [0.1, 0.15) is 23.8 Å². The molecule has 8 heteroatoms. The highest BCUT2D eigenvalue weighted by Crippen LogP contribution is 2.83. The number of amides is 3. The van der Waals surface area contributed by atoms with E-state index in [9.17, 15) is 23.2 Å². The summed E-state index contributed by atoms with van der Waals surface area (Å²) in [6, 6.07) is 10.9. The molecule has 1 spiro atoms. The second-order valence-corrected chi connectivity index (χ2v) is 9.28. The number of nitrogens with one attached hydrogen (secondary N) is 1. The van der Waals surface area contributed by atoms with E-state index < -0.39 is 17.0 Å². The molecule has 4 saturated carbocycles. The Morgan fingerprint density at radius 2 is 1.66 bits per heavy atom. The van der Waals surface area contributed by atoms with Crippen LogP contribution >= 0.6 is 0 Å². The summed E-state index contributed by atoms with van der Waals surface area (Å²) in [5, 5.41) is 2.92. The summed E-state index contributed by atoms with van der Waals surface area (Å²) >= 11 is 0. The molecule has 5 fully saturated rings. The SMILES string of the molecule is O=C1N[C@@]2(C(=O)N1Cc1ccc(F)cc1)[C@@H]1C[C@@H]3[C@H]2[C@]3(C(=O)OCc2ccc(F)cc2)C1. The van der Waals surface area contributed by atoms with Crippen LogP contribution in [0.2, 0.25) is 0 Å². The normalized spacial score (nSPS) is 33.7. The van der Waals surface area contributed by atoms with Crippen LogP contribution in [0.25, 0.3) is 0 Å². The molecule has 2 aromatic rings. The van der Waals surface area contributed by atoms with Crippen molar-refractivity contribution in [1.82, 2.24) is 10.2 Å². The number of esters is 1. The average Bonchev–Trinajstić information content (AvgIpc) is 3.09. The van der Waals surface area contributed by atoms with E-state index in [2.05, 4.69) is 5.32 Å². The third kappa shape index (κ3) is 2.40. The molecule has 164 valence electrons. The topological polar surface area (TPSA) is 75.7 Å². The van der Waals surface area contributed by atoms with Crippen molar-refractivity contribution in [3.8, 4) is 0 Å². The third-order valence-electron chi connectivity index (χ3n) is 7.84. The maximum absolute atomic E-state index is 13.4. The van der Waals surface area contributed by atoms with Crippen molar-refractivity contribution >= 4 is 17.9 Å². The van der Waals surface area contributed by atoms with Crippen molar-refractivity contribution in [2.24, 2.45) is 23.2 Å². The van der Waals surface area contributed by atoms with Crippen molar-refractivity contribution in [3.05, 3.63) is 71.3 Å². The molecule has 32 heavy (non-hydrogen) atoms. The first-order valence-corrected chi connectivity index (χ1v) is 10.7. The first-order valence-electron chi connectivity index (χ1n) is 10.7. The lowest BCUT2D eigenvalue weighted by Crippen LogP contribution is -2.50. The zero-order valence-corrected chi connectivity index (χ0v) is 17.0. The number of hydrogen-bond donors (Lipinski definition) is 1. The number of imide groups is 1. The molecule has 0 unspecified atom stereocenters. The van der Waals surface area contributed by atoms with Crippen LogP contribution in [-0.2, 0) is 27.5 Å². The zero-order valence-electron chi connectivity index (χ0n) is 17.0. The van der Waals surface area contributed by atoms with Gasteiger partial charge in [-0.15, -0.1) is 0 Å². The Morgan fingerprint density at radius 1 is 1.03 bits per heavy atom. The largest absolute Gasteiger partial charge is 0.460 e. The van der Waals surface area contributed by atoms with Crippen LogP contribution < -0.4 is 5.32 Å². The molecule has 1 N–H and O–H groups in total. The van der Waals surface area contributed by atoms with Crippen LogP contribution in [0.5, 0.6) is 0 Å². The van der Waals surface area contributed by atoms with Crippen molar-refractivity contribution in [3.63, 3.8) is 0 Å². The summed E-state index contributed by atoms with van der Waals surface area (Å²) in [6.07, 6.45) is 1.22. The van der Waals surface area contributed by atoms with Gasteiger partial charge in [0.15, 0.2) is 0 Å². The van der Waals surface area contributed by atoms with Gasteiger partial charge in [-0.2, -0.15) is 0 Å². The molecule has 4 aliphatic carbocycles. The van der Waals surface area contributed by atoms with Crippen LogP contribution in [-0.4, -0.2) is 28.3 Å². The number of carbonyl (C=O) groups is 3. The van der Waals surface area contributed by atoms with Crippen LogP contribution in [0.1, 0.15) is 24.0 Å². The van der Waals surface area contributed by atoms with Gasteiger partial charge in [0, 0.05) is 5.92 Å². The Balaban J connectivity index is 1.20. The second kappa shape index (κ2) is 6.37. The van der Waals surface area contributed by atoms with Crippen molar-refractivity contribution in [2.45, 2.75) is 31.5 Å². The Hall–Kier alpha value is -3.29. The Bertz CT molecular complexity index is 1150. The van der Waals surface area contributed by atoms with Crippen LogP contribution in [0, 0.1) is 34.8 Å². The summed E-state index contributed by atoms with van der Waals surface area (Å²) in [5.74, 6) is -1.77. The van der Waals surface area contributed by atoms with Gasteiger partial charge in [0.05, 0.1) is 12.0 Å². The van der Waals surface area contributed by atoms with Gasteiger partial charge < -0.3 is 10.1 Å². The molecule has 0 radical (unpaired) electrons. The van der Waals surface area contributed by atoms with E-state index in [1.54, 1.807) is 24.3 Å². The maximum atomic E-state index is 13.4. The summed E-state index contributed by atoms with van der Waals surface area (Å²) in [5.41, 5.74) is -0.460. The maximum Gasteiger partial charge on any atom is 0.325 e. The fraction of sp³-hybridized carbons (Fsp3) is 0.375. The standard InChI is InChI=1S/C24H20F2N2O4/c25-16-5-1-13(2-6-16)11-28-20(29)24(27-22(28)31)15-9-18-19(24)23(18,10-15)21(30)32-12-14-3-7-17(26)8-4-14/h1-8,15,18-19H,9-12H2,(H,27,31)/t15-,18-,19+,23+,24+/m1/s1. The minimum atomic E-state index is -1.06. The second-order valence-electron chi connectivity index (χ2n) is 9.28. The molecule has 1 aliphatic heterocycles. The highest BCUT2D eigenvalue weighted by Gasteiger charge is 2.91. The van der Waals surface area contributed by atoms with Gasteiger partial charge in [-0.1, -0.05) is 24.3 Å². The van der Waals surface area contributed by atoms with Crippen LogP contribution in [0.3, 0.4) is 0 Å². The van der Waals surface area contributed by atoms with E-state index in [1.807, 2.05) is 0 Å². The van der Waals surface area contributed by atoms with E-state index >= 15 is 0 Å². The number of rotatable bonds is 5. The minimum absolute atomic E-state index is 0.0169. The number of ether oxygens (including phenoxy) is 1. The molecule has 7 rings (SSSR count). The van der Waals surface area contributed by atoms with Gasteiger partial charge in [0.25, 0.3) is 5.91 Å². The smallest absolute Gasteiger partial charge is 0.325 e. The average molecular weight is 438 g/mol. The van der Waals surface area contributed by atoms with Gasteiger partial charge in [-0.25, -0.2) is 13.6 Å². The quantitative estimate of drug-likeness (QED) is 0.575. The van der Waals surface area contributed by atoms with E-state index in [0.29, 0.717) is 24.0 Å². The molecule has 1 saturated heterocycles. The molecule has 0 aromatic heterocycles. The van der Waals surface area contributed by atoms with E-state index in [4.69, 9.17) is 4.74 Å². The third-order valence-corrected chi connectivity index (χ3v) is 7.84. The Labute approximate surface area is 182 Å². The summed E-state index contributed by atoms with van der Waals surface area (Å²) in [6.45, 7) is 0.0911.